The number of esters is 1. The predicted octanol–water partition coefficient (Wildman–Crippen LogP) is 1.49. The van der Waals surface area contributed by atoms with Crippen molar-refractivity contribution in [3.63, 3.8) is 0 Å². The molecule has 0 bridgehead atoms. The third-order valence-electron chi connectivity index (χ3n) is 2.85. The normalized spacial score (nSPS) is 45.3. The van der Waals surface area contributed by atoms with E-state index in [1.807, 2.05) is 0 Å². The van der Waals surface area contributed by atoms with E-state index < -0.39 is 0 Å². The molecule has 2 aliphatic rings. The summed E-state index contributed by atoms with van der Waals surface area (Å²) in [6, 6.07) is 0. The van der Waals surface area contributed by atoms with Crippen molar-refractivity contribution in [3.8, 4) is 0 Å². The van der Waals surface area contributed by atoms with Gasteiger partial charge < -0.3 is 4.74 Å². The van der Waals surface area contributed by atoms with Crippen LogP contribution in [0.5, 0.6) is 0 Å². The van der Waals surface area contributed by atoms with Crippen LogP contribution < -0.4 is 0 Å². The first-order valence-electron chi connectivity index (χ1n) is 3.92. The fourth-order valence-electron chi connectivity index (χ4n) is 2.16. The molecule has 2 rings (SSSR count). The highest BCUT2D eigenvalue weighted by atomic mass is 16.6. The second-order valence-corrected chi connectivity index (χ2v) is 3.58. The van der Waals surface area contributed by atoms with Gasteiger partial charge in [0.1, 0.15) is 5.60 Å². The molecule has 1 aliphatic carbocycles. The van der Waals surface area contributed by atoms with E-state index in [1.54, 1.807) is 0 Å². The molecule has 2 heteroatoms. The lowest BCUT2D eigenvalue weighted by Gasteiger charge is -2.20. The van der Waals surface area contributed by atoms with Crippen LogP contribution in [0.15, 0.2) is 0 Å². The summed E-state index contributed by atoms with van der Waals surface area (Å²) in [5.74, 6) is 0.534. The average molecular weight is 140 g/mol. The molecule has 0 spiro atoms. The van der Waals surface area contributed by atoms with Crippen molar-refractivity contribution in [2.75, 3.05) is 0 Å². The van der Waals surface area contributed by atoms with Crippen LogP contribution in [0.25, 0.3) is 0 Å². The Kier molecular flexibility index (Phi) is 1.08. The second-order valence-electron chi connectivity index (χ2n) is 3.58. The number of carbonyl (C=O) groups is 1. The van der Waals surface area contributed by atoms with Crippen molar-refractivity contribution < 1.29 is 9.53 Å². The standard InChI is InChI=1S/C8H12O2/c1-8-4-2-3-6(8)5-7(9)10-8/h6H,2-5H2,1H3/t6-,8-/m0/s1. The van der Waals surface area contributed by atoms with Crippen molar-refractivity contribution in [2.24, 2.45) is 5.92 Å². The number of hydrogen-bond acceptors (Lipinski definition) is 2. The summed E-state index contributed by atoms with van der Waals surface area (Å²) in [7, 11) is 0. The second kappa shape index (κ2) is 1.74. The van der Waals surface area contributed by atoms with E-state index in [4.69, 9.17) is 4.74 Å². The lowest BCUT2D eigenvalue weighted by Crippen LogP contribution is -2.25. The maximum absolute atomic E-state index is 10.8. The molecule has 2 fully saturated rings. The molecule has 10 heavy (non-hydrogen) atoms. The maximum Gasteiger partial charge on any atom is 0.306 e. The molecule has 0 radical (unpaired) electrons. The van der Waals surface area contributed by atoms with Gasteiger partial charge in [0.25, 0.3) is 0 Å². The van der Waals surface area contributed by atoms with Crippen LogP contribution in [0.3, 0.4) is 0 Å². The van der Waals surface area contributed by atoms with E-state index in [-0.39, 0.29) is 11.6 Å². The highest BCUT2D eigenvalue weighted by molar-refractivity contribution is 5.73. The Morgan fingerprint density at radius 3 is 3.20 bits per heavy atom. The SMILES string of the molecule is C[C@]12CCC[C@H]1CC(=O)O2. The van der Waals surface area contributed by atoms with Gasteiger partial charge in [-0.2, -0.15) is 0 Å². The number of rotatable bonds is 0. The number of fused-ring (bicyclic) bond motifs is 1. The summed E-state index contributed by atoms with van der Waals surface area (Å²) < 4.78 is 5.23. The molecule has 0 aromatic heterocycles. The summed E-state index contributed by atoms with van der Waals surface area (Å²) in [6.45, 7) is 2.07. The Morgan fingerprint density at radius 2 is 2.50 bits per heavy atom. The topological polar surface area (TPSA) is 26.3 Å². The third-order valence-corrected chi connectivity index (χ3v) is 2.85. The maximum atomic E-state index is 10.8. The third kappa shape index (κ3) is 0.678. The molecule has 2 nitrogen and oxygen atoms in total. The van der Waals surface area contributed by atoms with Crippen molar-refractivity contribution in [3.05, 3.63) is 0 Å². The quantitative estimate of drug-likeness (QED) is 0.476. The van der Waals surface area contributed by atoms with Crippen molar-refractivity contribution in [2.45, 2.75) is 38.2 Å². The van der Waals surface area contributed by atoms with Crippen LogP contribution in [-0.2, 0) is 9.53 Å². The van der Waals surface area contributed by atoms with Gasteiger partial charge >= 0.3 is 5.97 Å². The highest BCUT2D eigenvalue weighted by Crippen LogP contribution is 2.45. The fourth-order valence-corrected chi connectivity index (χ4v) is 2.16. The lowest BCUT2D eigenvalue weighted by molar-refractivity contribution is -0.147. The molecule has 0 amide bonds. The molecular formula is C8H12O2. The Bertz CT molecular complexity index is 176. The molecule has 56 valence electrons. The van der Waals surface area contributed by atoms with Gasteiger partial charge in [0.15, 0.2) is 0 Å². The van der Waals surface area contributed by atoms with Crippen LogP contribution >= 0.6 is 0 Å². The van der Waals surface area contributed by atoms with Gasteiger partial charge in [-0.15, -0.1) is 0 Å². The minimum atomic E-state index is -0.0723. The molecule has 1 saturated carbocycles. The Hall–Kier alpha value is -0.530. The molecule has 1 saturated heterocycles. The molecular weight excluding hydrogens is 128 g/mol. The summed E-state index contributed by atoms with van der Waals surface area (Å²) in [5, 5.41) is 0. The van der Waals surface area contributed by atoms with Gasteiger partial charge in [-0.1, -0.05) is 0 Å². The van der Waals surface area contributed by atoms with Crippen molar-refractivity contribution >= 4 is 5.97 Å². The minimum Gasteiger partial charge on any atom is -0.459 e. The minimum absolute atomic E-state index is 0.00667. The van der Waals surface area contributed by atoms with E-state index in [9.17, 15) is 4.79 Å². The van der Waals surface area contributed by atoms with Gasteiger partial charge in [-0.3, -0.25) is 4.79 Å². The number of hydrogen-bond donors (Lipinski definition) is 0. The smallest absolute Gasteiger partial charge is 0.306 e. The highest BCUT2D eigenvalue weighted by Gasteiger charge is 2.48. The van der Waals surface area contributed by atoms with Crippen molar-refractivity contribution in [1.82, 2.24) is 0 Å². The Labute approximate surface area is 60.6 Å². The van der Waals surface area contributed by atoms with Crippen LogP contribution in [0.4, 0.5) is 0 Å². The van der Waals surface area contributed by atoms with Gasteiger partial charge in [-0.05, 0) is 26.2 Å². The van der Waals surface area contributed by atoms with Crippen molar-refractivity contribution in [1.29, 1.82) is 0 Å². The molecule has 2 atom stereocenters. The predicted molar refractivity (Wildman–Crippen MR) is 36.5 cm³/mol. The van der Waals surface area contributed by atoms with Crippen LogP contribution in [0, 0.1) is 5.92 Å². The fraction of sp³-hybridized carbons (Fsp3) is 0.875. The first-order valence-corrected chi connectivity index (χ1v) is 3.92. The van der Waals surface area contributed by atoms with E-state index in [0.29, 0.717) is 12.3 Å². The summed E-state index contributed by atoms with van der Waals surface area (Å²) in [6.07, 6.45) is 4.15. The summed E-state index contributed by atoms with van der Waals surface area (Å²) in [4.78, 5) is 10.8. The van der Waals surface area contributed by atoms with Crippen LogP contribution in [0.1, 0.15) is 32.6 Å². The van der Waals surface area contributed by atoms with Crippen LogP contribution in [0.2, 0.25) is 0 Å². The zero-order chi connectivity index (χ0) is 7.19. The van der Waals surface area contributed by atoms with Gasteiger partial charge in [-0.25, -0.2) is 0 Å². The summed E-state index contributed by atoms with van der Waals surface area (Å²) in [5.41, 5.74) is -0.0723. The first-order chi connectivity index (χ1) is 4.71. The molecule has 0 unspecified atom stereocenters. The molecule has 0 aromatic carbocycles. The number of carbonyl (C=O) groups excluding carboxylic acids is 1. The average Bonchev–Trinajstić information content (AvgIpc) is 2.20. The zero-order valence-electron chi connectivity index (χ0n) is 6.22. The van der Waals surface area contributed by atoms with E-state index >= 15 is 0 Å². The first kappa shape index (κ1) is 6.20. The lowest BCUT2D eigenvalue weighted by atomic mass is 9.93. The molecule has 1 aliphatic heterocycles. The van der Waals surface area contributed by atoms with E-state index in [1.165, 1.54) is 12.8 Å². The van der Waals surface area contributed by atoms with E-state index in [0.717, 1.165) is 6.42 Å². The van der Waals surface area contributed by atoms with Gasteiger partial charge in [0.2, 0.25) is 0 Å². The monoisotopic (exact) mass is 140 g/mol. The molecule has 1 heterocycles. The largest absolute Gasteiger partial charge is 0.459 e. The molecule has 0 N–H and O–H groups in total. The summed E-state index contributed by atoms with van der Waals surface area (Å²) >= 11 is 0. The zero-order valence-corrected chi connectivity index (χ0v) is 6.22. The number of ether oxygens (including phenoxy) is 1. The van der Waals surface area contributed by atoms with Gasteiger partial charge in [0, 0.05) is 5.92 Å². The van der Waals surface area contributed by atoms with Gasteiger partial charge in [0.05, 0.1) is 6.42 Å². The Balaban J connectivity index is 2.22. The Morgan fingerprint density at radius 1 is 1.70 bits per heavy atom. The van der Waals surface area contributed by atoms with E-state index in [2.05, 4.69) is 6.92 Å². The molecule has 0 aromatic rings. The van der Waals surface area contributed by atoms with Crippen LogP contribution in [-0.4, -0.2) is 11.6 Å².